The summed E-state index contributed by atoms with van der Waals surface area (Å²) in [5.41, 5.74) is -0.130. The number of sulfonamides is 1. The van der Waals surface area contributed by atoms with Gasteiger partial charge < -0.3 is 0 Å². The van der Waals surface area contributed by atoms with Gasteiger partial charge in [0.25, 0.3) is 0 Å². The first kappa shape index (κ1) is 12.5. The van der Waals surface area contributed by atoms with Crippen molar-refractivity contribution in [2.24, 2.45) is 16.7 Å². The molecule has 3 atom stereocenters. The minimum absolute atomic E-state index is 0.0491. The Balaban J connectivity index is 2.11. The lowest BCUT2D eigenvalue weighted by Crippen LogP contribution is -2.43. The lowest BCUT2D eigenvalue weighted by molar-refractivity contribution is -0.128. The highest BCUT2D eigenvalue weighted by Gasteiger charge is 2.72. The van der Waals surface area contributed by atoms with Crippen LogP contribution >= 0.6 is 0 Å². The molecule has 18 heavy (non-hydrogen) atoms. The van der Waals surface area contributed by atoms with Gasteiger partial charge in [0.1, 0.15) is 0 Å². The van der Waals surface area contributed by atoms with Crippen LogP contribution in [0.4, 0.5) is 0 Å². The molecule has 2 aliphatic carbocycles. The van der Waals surface area contributed by atoms with Gasteiger partial charge in [0.15, 0.2) is 0 Å². The van der Waals surface area contributed by atoms with Crippen molar-refractivity contribution in [2.75, 3.05) is 5.75 Å². The van der Waals surface area contributed by atoms with Crippen molar-refractivity contribution in [3.63, 3.8) is 0 Å². The van der Waals surface area contributed by atoms with Crippen LogP contribution in [0.15, 0.2) is 0 Å². The van der Waals surface area contributed by atoms with Crippen LogP contribution in [0.5, 0.6) is 0 Å². The molecule has 2 bridgehead atoms. The first-order chi connectivity index (χ1) is 8.26. The van der Waals surface area contributed by atoms with Gasteiger partial charge in [0.2, 0.25) is 15.9 Å². The van der Waals surface area contributed by atoms with E-state index in [0.717, 1.165) is 19.3 Å². The van der Waals surface area contributed by atoms with Crippen molar-refractivity contribution in [2.45, 2.75) is 52.5 Å². The molecule has 0 radical (unpaired) electrons. The maximum atomic E-state index is 12.4. The van der Waals surface area contributed by atoms with Gasteiger partial charge >= 0.3 is 0 Å². The first-order valence-corrected chi connectivity index (χ1v) is 8.42. The Labute approximate surface area is 109 Å². The Morgan fingerprint density at radius 3 is 2.61 bits per heavy atom. The smallest absolute Gasteiger partial charge is 0.238 e. The zero-order chi connectivity index (χ0) is 13.3. The molecule has 1 amide bonds. The Kier molecular flexibility index (Phi) is 2.28. The van der Waals surface area contributed by atoms with E-state index in [1.807, 2.05) is 0 Å². The second kappa shape index (κ2) is 3.30. The van der Waals surface area contributed by atoms with E-state index in [0.29, 0.717) is 5.92 Å². The van der Waals surface area contributed by atoms with Crippen molar-refractivity contribution in [1.82, 2.24) is 4.31 Å². The Bertz CT molecular complexity index is 510. The summed E-state index contributed by atoms with van der Waals surface area (Å²) in [4.78, 5) is 12.0. The van der Waals surface area contributed by atoms with E-state index in [1.165, 1.54) is 4.31 Å². The SMILES string of the molecule is CCC(=O)N1[C@H]2C[C@@H]3CC[C@@]2(CS1(=O)=O)C3(C)C. The Morgan fingerprint density at radius 2 is 2.06 bits per heavy atom. The van der Waals surface area contributed by atoms with Crippen LogP contribution in [0.3, 0.4) is 0 Å². The number of fused-ring (bicyclic) bond motifs is 1. The van der Waals surface area contributed by atoms with Crippen molar-refractivity contribution >= 4 is 15.9 Å². The molecule has 102 valence electrons. The molecule has 3 fully saturated rings. The summed E-state index contributed by atoms with van der Waals surface area (Å²) in [7, 11) is -3.39. The predicted molar refractivity (Wildman–Crippen MR) is 68.3 cm³/mol. The lowest BCUT2D eigenvalue weighted by atomic mass is 9.69. The third-order valence-electron chi connectivity index (χ3n) is 5.96. The highest BCUT2D eigenvalue weighted by molar-refractivity contribution is 7.90. The lowest BCUT2D eigenvalue weighted by Gasteiger charge is -2.37. The van der Waals surface area contributed by atoms with E-state index in [4.69, 9.17) is 0 Å². The summed E-state index contributed by atoms with van der Waals surface area (Å²) >= 11 is 0. The number of rotatable bonds is 1. The minimum Gasteiger partial charge on any atom is -0.274 e. The largest absolute Gasteiger partial charge is 0.274 e. The molecule has 1 aliphatic heterocycles. The number of hydrogen-bond donors (Lipinski definition) is 0. The highest BCUT2D eigenvalue weighted by atomic mass is 32.2. The molecule has 0 aromatic heterocycles. The summed E-state index contributed by atoms with van der Waals surface area (Å²) in [6, 6.07) is -0.0660. The second-order valence-electron chi connectivity index (χ2n) is 6.66. The number of carbonyl (C=O) groups is 1. The fraction of sp³-hybridized carbons (Fsp3) is 0.923. The maximum Gasteiger partial charge on any atom is 0.238 e. The molecule has 1 saturated heterocycles. The van der Waals surface area contributed by atoms with Crippen LogP contribution in [0, 0.1) is 16.7 Å². The monoisotopic (exact) mass is 271 g/mol. The van der Waals surface area contributed by atoms with Gasteiger partial charge in [-0.15, -0.1) is 0 Å². The van der Waals surface area contributed by atoms with Gasteiger partial charge in [-0.05, 0) is 30.6 Å². The van der Waals surface area contributed by atoms with Crippen LogP contribution in [-0.4, -0.2) is 30.4 Å². The Morgan fingerprint density at radius 1 is 1.39 bits per heavy atom. The Hall–Kier alpha value is -0.580. The highest BCUT2D eigenvalue weighted by Crippen LogP contribution is 2.69. The summed E-state index contributed by atoms with van der Waals surface area (Å²) in [6.45, 7) is 6.13. The molecule has 0 N–H and O–H groups in total. The summed E-state index contributed by atoms with van der Waals surface area (Å²) < 4.78 is 25.9. The van der Waals surface area contributed by atoms with Gasteiger partial charge in [-0.1, -0.05) is 20.8 Å². The topological polar surface area (TPSA) is 54.5 Å². The molecule has 2 saturated carbocycles. The molecule has 3 rings (SSSR count). The van der Waals surface area contributed by atoms with Crippen molar-refractivity contribution < 1.29 is 13.2 Å². The van der Waals surface area contributed by atoms with Crippen molar-refractivity contribution in [3.8, 4) is 0 Å². The molecule has 5 heteroatoms. The average Bonchev–Trinajstić information content (AvgIpc) is 2.74. The van der Waals surface area contributed by atoms with Gasteiger partial charge in [-0.3, -0.25) is 4.79 Å². The fourth-order valence-electron chi connectivity index (χ4n) is 4.77. The number of nitrogens with zero attached hydrogens (tertiary/aromatic N) is 1. The normalized spacial score (nSPS) is 43.2. The molecule has 3 aliphatic rings. The van der Waals surface area contributed by atoms with E-state index in [-0.39, 0.29) is 35.0 Å². The van der Waals surface area contributed by atoms with Crippen molar-refractivity contribution in [3.05, 3.63) is 0 Å². The van der Waals surface area contributed by atoms with Gasteiger partial charge in [-0.25, -0.2) is 12.7 Å². The van der Waals surface area contributed by atoms with Gasteiger partial charge in [0.05, 0.1) is 11.8 Å². The summed E-state index contributed by atoms with van der Waals surface area (Å²) in [6.07, 6.45) is 3.23. The van der Waals surface area contributed by atoms with Crippen LogP contribution in [0.25, 0.3) is 0 Å². The molecule has 1 spiro atoms. The third-order valence-corrected chi connectivity index (χ3v) is 7.90. The first-order valence-electron chi connectivity index (χ1n) is 6.81. The average molecular weight is 271 g/mol. The van der Waals surface area contributed by atoms with Crippen LogP contribution in [0.1, 0.15) is 46.5 Å². The quantitative estimate of drug-likeness (QED) is 0.730. The molecular weight excluding hydrogens is 250 g/mol. The maximum absolute atomic E-state index is 12.4. The van der Waals surface area contributed by atoms with E-state index >= 15 is 0 Å². The van der Waals surface area contributed by atoms with E-state index in [1.54, 1.807) is 6.92 Å². The van der Waals surface area contributed by atoms with Gasteiger partial charge in [-0.2, -0.15) is 0 Å². The molecular formula is C13H21NO3S. The van der Waals surface area contributed by atoms with E-state index < -0.39 is 10.0 Å². The van der Waals surface area contributed by atoms with Crippen molar-refractivity contribution in [1.29, 1.82) is 0 Å². The molecule has 4 nitrogen and oxygen atoms in total. The fourth-order valence-corrected chi connectivity index (χ4v) is 7.39. The number of carbonyl (C=O) groups excluding carboxylic acids is 1. The summed E-state index contributed by atoms with van der Waals surface area (Å²) in [5, 5.41) is 0. The van der Waals surface area contributed by atoms with E-state index in [9.17, 15) is 13.2 Å². The zero-order valence-electron chi connectivity index (χ0n) is 11.3. The molecule has 1 heterocycles. The van der Waals surface area contributed by atoms with Gasteiger partial charge in [0, 0.05) is 11.8 Å². The second-order valence-corrected chi connectivity index (χ2v) is 8.51. The zero-order valence-corrected chi connectivity index (χ0v) is 12.1. The molecule has 0 unspecified atom stereocenters. The minimum atomic E-state index is -3.39. The summed E-state index contributed by atoms with van der Waals surface area (Å²) in [5.74, 6) is 0.533. The molecule has 0 aromatic carbocycles. The van der Waals surface area contributed by atoms with Crippen LogP contribution in [-0.2, 0) is 14.8 Å². The number of hydrogen-bond acceptors (Lipinski definition) is 3. The standard InChI is InChI=1S/C13H21NO3S/c1-4-11(15)14-10-7-9-5-6-13(10,12(9,2)3)8-18(14,16)17/h9-10H,4-8H2,1-3H3/t9-,10-,13-/m0/s1. The number of amides is 1. The van der Waals surface area contributed by atoms with Crippen LogP contribution in [0.2, 0.25) is 0 Å². The predicted octanol–water partition coefficient (Wildman–Crippen LogP) is 1.76. The van der Waals surface area contributed by atoms with Crippen LogP contribution < -0.4 is 0 Å². The third kappa shape index (κ3) is 1.17. The van der Waals surface area contributed by atoms with E-state index in [2.05, 4.69) is 13.8 Å². The molecule has 0 aromatic rings.